The second kappa shape index (κ2) is 5.46. The van der Waals surface area contributed by atoms with E-state index in [-0.39, 0.29) is 11.3 Å². The number of halogens is 1. The van der Waals surface area contributed by atoms with Gasteiger partial charge in [-0.1, -0.05) is 15.9 Å². The Bertz CT molecular complexity index is 445. The molecule has 0 aliphatic rings. The fraction of sp³-hybridized carbons (Fsp3) is 0.0909. The number of hydrogen-bond acceptors (Lipinski definition) is 3. The van der Waals surface area contributed by atoms with Crippen LogP contribution in [-0.4, -0.2) is 22.4 Å². The zero-order chi connectivity index (χ0) is 12.1. The number of aliphatic hydroxyl groups is 1. The van der Waals surface area contributed by atoms with Crippen LogP contribution in [0.1, 0.15) is 6.92 Å². The molecule has 2 N–H and O–H groups in total. The molecule has 0 saturated heterocycles. The molecule has 16 heavy (non-hydrogen) atoms. The molecule has 4 nitrogen and oxygen atoms in total. The van der Waals surface area contributed by atoms with Gasteiger partial charge in [-0.3, -0.25) is 4.99 Å². The summed E-state index contributed by atoms with van der Waals surface area (Å²) in [5.74, 6) is -1.48. The number of allylic oxidation sites excluding steroid dienone is 1. The first-order valence-electron chi connectivity index (χ1n) is 4.43. The molecule has 0 saturated carbocycles. The fourth-order valence-corrected chi connectivity index (χ4v) is 1.23. The van der Waals surface area contributed by atoms with Crippen LogP contribution in [0.2, 0.25) is 0 Å². The molecular weight excluding hydrogens is 274 g/mol. The molecule has 0 spiro atoms. The molecule has 1 rings (SSSR count). The molecule has 0 amide bonds. The van der Waals surface area contributed by atoms with Crippen molar-refractivity contribution in [3.8, 4) is 0 Å². The van der Waals surface area contributed by atoms with Gasteiger partial charge in [0, 0.05) is 10.7 Å². The summed E-state index contributed by atoms with van der Waals surface area (Å²) in [4.78, 5) is 14.6. The lowest BCUT2D eigenvalue weighted by Crippen LogP contribution is -2.04. The maximum Gasteiger partial charge on any atom is 0.340 e. The first-order chi connectivity index (χ1) is 7.50. The summed E-state index contributed by atoms with van der Waals surface area (Å²) in [6.45, 7) is 1.30. The summed E-state index contributed by atoms with van der Waals surface area (Å²) in [6.07, 6.45) is 1.13. The van der Waals surface area contributed by atoms with E-state index in [0.717, 1.165) is 10.7 Å². The van der Waals surface area contributed by atoms with Crippen LogP contribution in [0.5, 0.6) is 0 Å². The molecule has 0 aliphatic heterocycles. The molecule has 0 heterocycles. The minimum atomic E-state index is -1.21. The molecule has 0 bridgehead atoms. The first-order valence-corrected chi connectivity index (χ1v) is 5.23. The molecule has 1 aromatic carbocycles. The Kier molecular flexibility index (Phi) is 4.25. The third kappa shape index (κ3) is 3.51. The Balaban J connectivity index is 2.92. The van der Waals surface area contributed by atoms with E-state index in [1.54, 1.807) is 24.3 Å². The van der Waals surface area contributed by atoms with Gasteiger partial charge in [-0.15, -0.1) is 0 Å². The van der Waals surface area contributed by atoms with Crippen molar-refractivity contribution < 1.29 is 15.0 Å². The van der Waals surface area contributed by atoms with Crippen molar-refractivity contribution in [3.63, 3.8) is 0 Å². The van der Waals surface area contributed by atoms with Crippen molar-refractivity contribution in [3.05, 3.63) is 40.1 Å². The second-order valence-electron chi connectivity index (χ2n) is 3.04. The number of carboxylic acid groups (broad SMARTS) is 1. The average molecular weight is 284 g/mol. The highest BCUT2D eigenvalue weighted by molar-refractivity contribution is 9.10. The summed E-state index contributed by atoms with van der Waals surface area (Å²) in [5.41, 5.74) is 0.395. The van der Waals surface area contributed by atoms with E-state index in [1.807, 2.05) is 0 Å². The number of nitrogens with zero attached hydrogens (tertiary/aromatic N) is 1. The summed E-state index contributed by atoms with van der Waals surface area (Å²) in [6, 6.07) is 7.05. The van der Waals surface area contributed by atoms with Crippen molar-refractivity contribution in [2.75, 3.05) is 0 Å². The third-order valence-corrected chi connectivity index (χ3v) is 2.32. The summed E-state index contributed by atoms with van der Waals surface area (Å²) in [7, 11) is 0. The predicted molar refractivity (Wildman–Crippen MR) is 65.3 cm³/mol. The molecule has 0 unspecified atom stereocenters. The largest absolute Gasteiger partial charge is 0.512 e. The van der Waals surface area contributed by atoms with Crippen molar-refractivity contribution in [1.29, 1.82) is 0 Å². The van der Waals surface area contributed by atoms with E-state index >= 15 is 0 Å². The van der Waals surface area contributed by atoms with Gasteiger partial charge >= 0.3 is 5.97 Å². The van der Waals surface area contributed by atoms with E-state index in [0.29, 0.717) is 5.69 Å². The standard InChI is InChI=1S/C11H10BrNO3/c1-7(14)10(11(15)16)6-13-9-4-2-8(12)3-5-9/h2-6,14H,1H3,(H,15,16)/b10-7+,13-6?. The topological polar surface area (TPSA) is 69.9 Å². The summed E-state index contributed by atoms with van der Waals surface area (Å²) in [5, 5.41) is 17.9. The van der Waals surface area contributed by atoms with Gasteiger partial charge in [-0.05, 0) is 31.2 Å². The van der Waals surface area contributed by atoms with Crippen LogP contribution in [0.25, 0.3) is 0 Å². The highest BCUT2D eigenvalue weighted by atomic mass is 79.9. The van der Waals surface area contributed by atoms with Gasteiger partial charge in [0.15, 0.2) is 0 Å². The van der Waals surface area contributed by atoms with Crippen LogP contribution in [0.3, 0.4) is 0 Å². The zero-order valence-corrected chi connectivity index (χ0v) is 10.1. The molecule has 0 fully saturated rings. The van der Waals surface area contributed by atoms with Gasteiger partial charge in [0.1, 0.15) is 11.3 Å². The number of aliphatic imine (C=N–C) groups is 1. The van der Waals surface area contributed by atoms with Gasteiger partial charge in [0.25, 0.3) is 0 Å². The lowest BCUT2D eigenvalue weighted by molar-refractivity contribution is -0.132. The number of aliphatic carboxylic acids is 1. The average Bonchev–Trinajstić information content (AvgIpc) is 2.20. The normalized spacial score (nSPS) is 12.6. The van der Waals surface area contributed by atoms with Crippen molar-refractivity contribution in [2.24, 2.45) is 4.99 Å². The number of aliphatic hydroxyl groups excluding tert-OH is 1. The van der Waals surface area contributed by atoms with E-state index in [4.69, 9.17) is 10.2 Å². The van der Waals surface area contributed by atoms with Crippen LogP contribution < -0.4 is 0 Å². The minimum Gasteiger partial charge on any atom is -0.512 e. The Morgan fingerprint density at radius 3 is 2.31 bits per heavy atom. The predicted octanol–water partition coefficient (Wildman–Crippen LogP) is 3.07. The first kappa shape index (κ1) is 12.4. The number of carboxylic acids is 1. The molecule has 0 aliphatic carbocycles. The minimum absolute atomic E-state index is 0.220. The van der Waals surface area contributed by atoms with Gasteiger partial charge in [-0.25, -0.2) is 4.79 Å². The van der Waals surface area contributed by atoms with E-state index < -0.39 is 5.97 Å². The van der Waals surface area contributed by atoms with E-state index in [1.165, 1.54) is 6.92 Å². The SMILES string of the molecule is C/C(O)=C(/C=Nc1ccc(Br)cc1)C(=O)O. The van der Waals surface area contributed by atoms with Gasteiger partial charge in [0.2, 0.25) is 0 Å². The number of carbonyl (C=O) groups is 1. The van der Waals surface area contributed by atoms with Crippen LogP contribution in [0, 0.1) is 0 Å². The monoisotopic (exact) mass is 283 g/mol. The maximum absolute atomic E-state index is 10.7. The summed E-state index contributed by atoms with van der Waals surface area (Å²) >= 11 is 3.28. The van der Waals surface area contributed by atoms with E-state index in [9.17, 15) is 4.79 Å². The molecule has 1 aromatic rings. The smallest absolute Gasteiger partial charge is 0.340 e. The second-order valence-corrected chi connectivity index (χ2v) is 3.95. The Hall–Kier alpha value is -1.62. The number of hydrogen-bond donors (Lipinski definition) is 2. The van der Waals surface area contributed by atoms with Gasteiger partial charge in [-0.2, -0.15) is 0 Å². The third-order valence-electron chi connectivity index (χ3n) is 1.79. The van der Waals surface area contributed by atoms with Gasteiger partial charge in [0.05, 0.1) is 5.69 Å². The van der Waals surface area contributed by atoms with E-state index in [2.05, 4.69) is 20.9 Å². The Morgan fingerprint density at radius 1 is 1.31 bits per heavy atom. The Morgan fingerprint density at radius 2 is 1.88 bits per heavy atom. The fourth-order valence-electron chi connectivity index (χ4n) is 0.970. The zero-order valence-electron chi connectivity index (χ0n) is 8.51. The molecule has 0 radical (unpaired) electrons. The molecule has 0 aromatic heterocycles. The van der Waals surface area contributed by atoms with Crippen molar-refractivity contribution in [1.82, 2.24) is 0 Å². The van der Waals surface area contributed by atoms with Gasteiger partial charge < -0.3 is 10.2 Å². The van der Waals surface area contributed by atoms with Crippen LogP contribution in [-0.2, 0) is 4.79 Å². The number of rotatable bonds is 3. The molecule has 84 valence electrons. The Labute approximate surface area is 101 Å². The number of benzene rings is 1. The van der Waals surface area contributed by atoms with Crippen LogP contribution in [0.4, 0.5) is 5.69 Å². The van der Waals surface area contributed by atoms with Crippen molar-refractivity contribution in [2.45, 2.75) is 6.92 Å². The maximum atomic E-state index is 10.7. The lowest BCUT2D eigenvalue weighted by atomic mass is 10.2. The molecule has 0 atom stereocenters. The lowest BCUT2D eigenvalue weighted by Gasteiger charge is -1.97. The van der Waals surface area contributed by atoms with Crippen LogP contribution in [0.15, 0.2) is 45.1 Å². The molecule has 5 heteroatoms. The van der Waals surface area contributed by atoms with Crippen LogP contribution >= 0.6 is 15.9 Å². The quantitative estimate of drug-likeness (QED) is 0.509. The highest BCUT2D eigenvalue weighted by Gasteiger charge is 2.07. The highest BCUT2D eigenvalue weighted by Crippen LogP contribution is 2.16. The van der Waals surface area contributed by atoms with Crippen molar-refractivity contribution >= 4 is 33.8 Å². The summed E-state index contributed by atoms with van der Waals surface area (Å²) < 4.78 is 0.916. The molecular formula is C11H10BrNO3.